The lowest BCUT2D eigenvalue weighted by atomic mass is 9.78. The molecule has 0 unspecified atom stereocenters. The molecular formula is C31H40Cl2N4O2. The number of imidazole rings is 1. The molecule has 0 radical (unpaired) electrons. The minimum Gasteiger partial charge on any atom is -0.507 e. The summed E-state index contributed by atoms with van der Waals surface area (Å²) in [5.74, 6) is 0.160. The largest absolute Gasteiger partial charge is 0.507 e. The van der Waals surface area contributed by atoms with Crippen LogP contribution in [-0.2, 0) is 30.5 Å². The van der Waals surface area contributed by atoms with Crippen LogP contribution in [0.2, 0.25) is 0 Å². The minimum absolute atomic E-state index is 0. The number of carbonyl (C=O) groups excluding carboxylic acids is 1. The topological polar surface area (TPSA) is 97.0 Å². The molecule has 0 amide bonds. The average molecular weight is 572 g/mol. The molecule has 3 aromatic carbocycles. The number of nitrogens with two attached hydrogens (primary N) is 1. The number of phenolic OH excluding ortho intramolecular Hbond substituents is 1. The third-order valence-corrected chi connectivity index (χ3v) is 6.92. The van der Waals surface area contributed by atoms with E-state index in [2.05, 4.69) is 0 Å². The molecule has 4 N–H and O–H groups in total. The summed E-state index contributed by atoms with van der Waals surface area (Å²) in [7, 11) is 0. The van der Waals surface area contributed by atoms with E-state index in [9.17, 15) is 9.90 Å². The van der Waals surface area contributed by atoms with Crippen LogP contribution in [0.1, 0.15) is 74.2 Å². The molecule has 0 atom stereocenters. The van der Waals surface area contributed by atoms with Crippen molar-refractivity contribution < 1.29 is 9.90 Å². The summed E-state index contributed by atoms with van der Waals surface area (Å²) in [6.07, 6.45) is 0. The first kappa shape index (κ1) is 32.2. The number of aromatic hydroxyl groups is 1. The van der Waals surface area contributed by atoms with Crippen molar-refractivity contribution >= 4 is 41.6 Å². The maximum Gasteiger partial charge on any atom is 0.203 e. The van der Waals surface area contributed by atoms with Gasteiger partial charge in [0.1, 0.15) is 5.75 Å². The summed E-state index contributed by atoms with van der Waals surface area (Å²) in [4.78, 5) is 13.7. The number of rotatable bonds is 6. The van der Waals surface area contributed by atoms with Crippen molar-refractivity contribution in [3.63, 3.8) is 0 Å². The highest BCUT2D eigenvalue weighted by atomic mass is 35.5. The van der Waals surface area contributed by atoms with Crippen LogP contribution in [0.15, 0.2) is 60.7 Å². The molecule has 1 aromatic heterocycles. The van der Waals surface area contributed by atoms with Crippen LogP contribution in [-0.4, -0.2) is 20.0 Å². The number of Topliss-reactive ketones (excluding diaryl/α,β-unsaturated/α-hetero) is 1. The number of hydrogen-bond donors (Lipinski definition) is 3. The van der Waals surface area contributed by atoms with Gasteiger partial charge in [0.05, 0.1) is 24.1 Å². The van der Waals surface area contributed by atoms with Crippen molar-refractivity contribution in [2.45, 2.75) is 72.0 Å². The molecule has 0 spiro atoms. The lowest BCUT2D eigenvalue weighted by Crippen LogP contribution is -2.28. The molecule has 1 heterocycles. The number of phenols is 1. The average Bonchev–Trinajstić information content (AvgIpc) is 3.09. The van der Waals surface area contributed by atoms with Crippen LogP contribution in [0.5, 0.6) is 5.75 Å². The molecule has 4 aromatic rings. The van der Waals surface area contributed by atoms with Gasteiger partial charge < -0.3 is 20.0 Å². The molecule has 0 aliphatic heterocycles. The quantitative estimate of drug-likeness (QED) is 0.232. The second kappa shape index (κ2) is 12.0. The zero-order valence-corrected chi connectivity index (χ0v) is 25.2. The van der Waals surface area contributed by atoms with Gasteiger partial charge in [0, 0.05) is 23.2 Å². The molecule has 0 saturated carbocycles. The number of aromatic nitrogens is 2. The van der Waals surface area contributed by atoms with Gasteiger partial charge in [0.15, 0.2) is 5.78 Å². The van der Waals surface area contributed by atoms with Crippen molar-refractivity contribution in [2.75, 3.05) is 0 Å². The predicted octanol–water partition coefficient (Wildman–Crippen LogP) is 6.46. The fourth-order valence-electron chi connectivity index (χ4n) is 4.75. The van der Waals surface area contributed by atoms with Crippen LogP contribution in [0.4, 0.5) is 0 Å². The van der Waals surface area contributed by atoms with Crippen molar-refractivity contribution in [3.05, 3.63) is 94.1 Å². The Morgan fingerprint density at radius 2 is 1.28 bits per heavy atom. The van der Waals surface area contributed by atoms with Gasteiger partial charge in [-0.1, -0.05) is 77.9 Å². The van der Waals surface area contributed by atoms with Gasteiger partial charge in [-0.3, -0.25) is 10.2 Å². The van der Waals surface area contributed by atoms with Gasteiger partial charge in [0.2, 0.25) is 5.62 Å². The number of carbonyl (C=O) groups is 1. The van der Waals surface area contributed by atoms with Crippen molar-refractivity contribution in [1.82, 2.24) is 9.13 Å². The zero-order valence-electron chi connectivity index (χ0n) is 23.5. The van der Waals surface area contributed by atoms with Crippen LogP contribution in [0.25, 0.3) is 11.0 Å². The number of halogens is 2. The summed E-state index contributed by atoms with van der Waals surface area (Å²) in [5, 5.41) is 20.1. The second-order valence-corrected chi connectivity index (χ2v) is 11.8. The molecule has 0 bridgehead atoms. The monoisotopic (exact) mass is 570 g/mol. The molecule has 8 heteroatoms. The Balaban J connectivity index is 0.00000267. The molecule has 39 heavy (non-hydrogen) atoms. The van der Waals surface area contributed by atoms with E-state index < -0.39 is 0 Å². The number of hydrogen-bond acceptors (Lipinski definition) is 4. The smallest absolute Gasteiger partial charge is 0.203 e. The third kappa shape index (κ3) is 6.57. The Bertz CT molecular complexity index is 1490. The highest BCUT2D eigenvalue weighted by Gasteiger charge is 2.28. The summed E-state index contributed by atoms with van der Waals surface area (Å²) >= 11 is 0. The van der Waals surface area contributed by atoms with Gasteiger partial charge in [-0.25, -0.2) is 0 Å². The maximum absolute atomic E-state index is 13.7. The van der Waals surface area contributed by atoms with E-state index >= 15 is 0 Å². The SMILES string of the molecule is CC(C)(C)c1cc(C(=O)Cn2c(=N)n(Cc3ccc(CN)cc3)c3ccccc32)cc(C(C)(C)C)c1O.Cl.Cl. The van der Waals surface area contributed by atoms with Crippen molar-refractivity contribution in [1.29, 1.82) is 5.41 Å². The molecular weight excluding hydrogens is 531 g/mol. The second-order valence-electron chi connectivity index (χ2n) is 11.8. The first-order valence-electron chi connectivity index (χ1n) is 12.7. The summed E-state index contributed by atoms with van der Waals surface area (Å²) < 4.78 is 3.70. The van der Waals surface area contributed by atoms with Crippen LogP contribution in [0, 0.1) is 5.41 Å². The van der Waals surface area contributed by atoms with E-state index in [4.69, 9.17) is 11.1 Å². The number of fused-ring (bicyclic) bond motifs is 1. The number of ketones is 1. The number of benzene rings is 3. The van der Waals surface area contributed by atoms with Gasteiger partial charge in [-0.2, -0.15) is 0 Å². The van der Waals surface area contributed by atoms with E-state index in [1.54, 1.807) is 4.57 Å². The van der Waals surface area contributed by atoms with Gasteiger partial charge in [-0.15, -0.1) is 24.8 Å². The van der Waals surface area contributed by atoms with Crippen LogP contribution >= 0.6 is 24.8 Å². The fraction of sp³-hybridized carbons (Fsp3) is 0.355. The third-order valence-electron chi connectivity index (χ3n) is 6.92. The van der Waals surface area contributed by atoms with E-state index in [1.165, 1.54) is 0 Å². The molecule has 210 valence electrons. The summed E-state index contributed by atoms with van der Waals surface area (Å²) in [6, 6.07) is 19.5. The molecule has 0 saturated heterocycles. The highest BCUT2D eigenvalue weighted by molar-refractivity contribution is 5.97. The first-order valence-corrected chi connectivity index (χ1v) is 12.7. The predicted molar refractivity (Wildman–Crippen MR) is 164 cm³/mol. The van der Waals surface area contributed by atoms with E-state index in [0.717, 1.165) is 33.3 Å². The molecule has 0 aliphatic carbocycles. The van der Waals surface area contributed by atoms with E-state index in [1.807, 2.05) is 107 Å². The fourth-order valence-corrected chi connectivity index (χ4v) is 4.75. The number of nitrogens with one attached hydrogen (secondary N) is 1. The Hall–Kier alpha value is -3.06. The van der Waals surface area contributed by atoms with E-state index in [-0.39, 0.29) is 59.3 Å². The normalized spacial score (nSPS) is 11.7. The lowest BCUT2D eigenvalue weighted by molar-refractivity contribution is 0.0971. The van der Waals surface area contributed by atoms with Crippen LogP contribution < -0.4 is 11.4 Å². The van der Waals surface area contributed by atoms with Crippen LogP contribution in [0.3, 0.4) is 0 Å². The Kier molecular flexibility index (Phi) is 9.88. The zero-order chi connectivity index (χ0) is 27.1. The van der Waals surface area contributed by atoms with Gasteiger partial charge in [-0.05, 0) is 46.2 Å². The number of para-hydroxylation sites is 2. The summed E-state index contributed by atoms with van der Waals surface area (Å²) in [6.45, 7) is 13.3. The van der Waals surface area contributed by atoms with Gasteiger partial charge >= 0.3 is 0 Å². The van der Waals surface area contributed by atoms with Crippen molar-refractivity contribution in [3.8, 4) is 5.75 Å². The van der Waals surface area contributed by atoms with Gasteiger partial charge in [0.25, 0.3) is 0 Å². The van der Waals surface area contributed by atoms with E-state index in [0.29, 0.717) is 18.7 Å². The Labute approximate surface area is 243 Å². The first-order chi connectivity index (χ1) is 17.3. The molecule has 0 aliphatic rings. The lowest BCUT2D eigenvalue weighted by Gasteiger charge is -2.28. The highest BCUT2D eigenvalue weighted by Crippen LogP contribution is 2.40. The summed E-state index contributed by atoms with van der Waals surface area (Å²) in [5.41, 5.74) is 11.3. The Morgan fingerprint density at radius 1 is 0.821 bits per heavy atom. The Morgan fingerprint density at radius 3 is 1.74 bits per heavy atom. The van der Waals surface area contributed by atoms with Crippen molar-refractivity contribution in [2.24, 2.45) is 5.73 Å². The maximum atomic E-state index is 13.7. The minimum atomic E-state index is -0.330. The standard InChI is InChI=1S/C31H38N4O2.2ClH/c1-30(2,3)23-15-22(16-24(28(23)37)31(4,5)6)27(36)19-35-26-10-8-7-9-25(26)34(29(35)33)18-21-13-11-20(17-32)12-14-21;;/h7-16,33,37H,17-19,32H2,1-6H3;2*1H. The molecule has 0 fully saturated rings. The molecule has 6 nitrogen and oxygen atoms in total. The molecule has 4 rings (SSSR count). The number of nitrogens with zero attached hydrogens (tertiary/aromatic N) is 2.